The second-order valence-corrected chi connectivity index (χ2v) is 4.32. The number of hydrogen-bond donors (Lipinski definition) is 1. The summed E-state index contributed by atoms with van der Waals surface area (Å²) in [6.45, 7) is 2.35. The average Bonchev–Trinajstić information content (AvgIpc) is 2.87. The summed E-state index contributed by atoms with van der Waals surface area (Å²) < 4.78 is 7.50. The third kappa shape index (κ3) is 2.71. The summed E-state index contributed by atoms with van der Waals surface area (Å²) in [6.07, 6.45) is 3.30. The van der Waals surface area contributed by atoms with Crippen molar-refractivity contribution in [1.29, 1.82) is 0 Å². The molecule has 2 rings (SSSR count). The van der Waals surface area contributed by atoms with Gasteiger partial charge in [-0.1, -0.05) is 6.92 Å². The first-order valence-corrected chi connectivity index (χ1v) is 6.14. The molecule has 0 amide bonds. The van der Waals surface area contributed by atoms with Crippen LogP contribution >= 0.6 is 0 Å². The van der Waals surface area contributed by atoms with Crippen LogP contribution in [-0.2, 0) is 13.1 Å². The second kappa shape index (κ2) is 5.60. The molecule has 7 heteroatoms. The SMILES string of the molecule is CCCn1ccc(=O)n(Cc2cc(C(=O)O)co2)c1=O. The van der Waals surface area contributed by atoms with Crippen molar-refractivity contribution in [3.8, 4) is 0 Å². The Kier molecular flexibility index (Phi) is 3.88. The van der Waals surface area contributed by atoms with E-state index >= 15 is 0 Å². The van der Waals surface area contributed by atoms with E-state index in [4.69, 9.17) is 9.52 Å². The van der Waals surface area contributed by atoms with E-state index in [2.05, 4.69) is 0 Å². The molecule has 0 spiro atoms. The van der Waals surface area contributed by atoms with E-state index in [1.807, 2.05) is 6.92 Å². The first-order chi connectivity index (χ1) is 9.52. The molecule has 0 atom stereocenters. The minimum absolute atomic E-state index is 0.0159. The third-order valence-corrected chi connectivity index (χ3v) is 2.82. The number of hydrogen-bond acceptors (Lipinski definition) is 4. The van der Waals surface area contributed by atoms with Crippen molar-refractivity contribution < 1.29 is 14.3 Å². The quantitative estimate of drug-likeness (QED) is 0.871. The monoisotopic (exact) mass is 278 g/mol. The van der Waals surface area contributed by atoms with Gasteiger partial charge in [-0.15, -0.1) is 0 Å². The number of carboxylic acids is 1. The molecule has 2 heterocycles. The molecule has 0 fully saturated rings. The minimum atomic E-state index is -1.12. The molecule has 2 aromatic heterocycles. The smallest absolute Gasteiger partial charge is 0.338 e. The number of carbonyl (C=O) groups is 1. The fourth-order valence-electron chi connectivity index (χ4n) is 1.84. The zero-order valence-electron chi connectivity index (χ0n) is 10.9. The Morgan fingerprint density at radius 1 is 1.40 bits per heavy atom. The number of furan rings is 1. The third-order valence-electron chi connectivity index (χ3n) is 2.82. The Morgan fingerprint density at radius 2 is 2.15 bits per heavy atom. The zero-order chi connectivity index (χ0) is 14.7. The van der Waals surface area contributed by atoms with Crippen LogP contribution < -0.4 is 11.2 Å². The Bertz CT molecular complexity index is 738. The standard InChI is InChI=1S/C13H14N2O5/c1-2-4-14-5-3-11(16)15(13(14)19)7-10-6-9(8-20-10)12(17)18/h3,5-6,8H,2,4,7H2,1H3,(H,17,18). The highest BCUT2D eigenvalue weighted by atomic mass is 16.4. The predicted octanol–water partition coefficient (Wildman–Crippen LogP) is 0.760. The Balaban J connectivity index is 2.37. The van der Waals surface area contributed by atoms with Gasteiger partial charge in [0.25, 0.3) is 5.56 Å². The van der Waals surface area contributed by atoms with E-state index in [9.17, 15) is 14.4 Å². The van der Waals surface area contributed by atoms with E-state index in [0.717, 1.165) is 17.3 Å². The van der Waals surface area contributed by atoms with Crippen LogP contribution in [0.15, 0.2) is 38.6 Å². The molecule has 0 saturated carbocycles. The van der Waals surface area contributed by atoms with Gasteiger partial charge in [-0.3, -0.25) is 9.36 Å². The topological polar surface area (TPSA) is 94.4 Å². The van der Waals surface area contributed by atoms with Crippen molar-refractivity contribution in [2.75, 3.05) is 0 Å². The van der Waals surface area contributed by atoms with Gasteiger partial charge in [-0.25, -0.2) is 9.59 Å². The van der Waals surface area contributed by atoms with Crippen molar-refractivity contribution in [2.24, 2.45) is 0 Å². The van der Waals surface area contributed by atoms with Gasteiger partial charge in [-0.2, -0.15) is 0 Å². The lowest BCUT2D eigenvalue weighted by molar-refractivity contribution is 0.0696. The van der Waals surface area contributed by atoms with Crippen LogP contribution in [-0.4, -0.2) is 20.2 Å². The van der Waals surface area contributed by atoms with Crippen molar-refractivity contribution in [2.45, 2.75) is 26.4 Å². The van der Waals surface area contributed by atoms with Crippen molar-refractivity contribution >= 4 is 5.97 Å². The molecule has 0 aliphatic heterocycles. The van der Waals surface area contributed by atoms with Crippen LogP contribution in [0.1, 0.15) is 29.5 Å². The first-order valence-electron chi connectivity index (χ1n) is 6.14. The predicted molar refractivity (Wildman–Crippen MR) is 70.0 cm³/mol. The molecule has 1 N–H and O–H groups in total. The normalized spacial score (nSPS) is 10.7. The summed E-state index contributed by atoms with van der Waals surface area (Å²) in [5.41, 5.74) is -0.902. The Morgan fingerprint density at radius 3 is 2.75 bits per heavy atom. The Labute approximate surface area is 113 Å². The molecule has 0 saturated heterocycles. The van der Waals surface area contributed by atoms with Crippen LogP contribution in [0.4, 0.5) is 0 Å². The number of rotatable bonds is 5. The fraction of sp³-hybridized carbons (Fsp3) is 0.308. The molecule has 0 aromatic carbocycles. The lowest BCUT2D eigenvalue weighted by atomic mass is 10.3. The number of carboxylic acid groups (broad SMARTS) is 1. The molecule has 0 radical (unpaired) electrons. The van der Waals surface area contributed by atoms with Gasteiger partial charge in [0.2, 0.25) is 0 Å². The van der Waals surface area contributed by atoms with Gasteiger partial charge in [-0.05, 0) is 12.5 Å². The molecule has 2 aromatic rings. The van der Waals surface area contributed by atoms with Crippen LogP contribution in [0.3, 0.4) is 0 Å². The van der Waals surface area contributed by atoms with E-state index in [0.29, 0.717) is 6.54 Å². The van der Waals surface area contributed by atoms with E-state index in [-0.39, 0.29) is 17.9 Å². The number of aryl methyl sites for hydroxylation is 1. The highest BCUT2D eigenvalue weighted by Gasteiger charge is 2.11. The first kappa shape index (κ1) is 13.9. The number of nitrogens with zero attached hydrogens (tertiary/aromatic N) is 2. The van der Waals surface area contributed by atoms with Gasteiger partial charge in [0.1, 0.15) is 12.0 Å². The van der Waals surface area contributed by atoms with Crippen LogP contribution in [0.25, 0.3) is 0 Å². The molecule has 106 valence electrons. The highest BCUT2D eigenvalue weighted by Crippen LogP contribution is 2.08. The maximum atomic E-state index is 12.1. The molecular weight excluding hydrogens is 264 g/mol. The van der Waals surface area contributed by atoms with Crippen LogP contribution in [0.2, 0.25) is 0 Å². The summed E-state index contributed by atoms with van der Waals surface area (Å²) in [4.78, 5) is 34.6. The summed E-state index contributed by atoms with van der Waals surface area (Å²) in [5, 5.41) is 8.79. The van der Waals surface area contributed by atoms with E-state index < -0.39 is 17.2 Å². The summed E-state index contributed by atoms with van der Waals surface area (Å²) in [6, 6.07) is 2.60. The van der Waals surface area contributed by atoms with Crippen molar-refractivity contribution in [3.05, 3.63) is 56.8 Å². The molecule has 0 unspecified atom stereocenters. The highest BCUT2D eigenvalue weighted by molar-refractivity contribution is 5.87. The maximum absolute atomic E-state index is 12.1. The van der Waals surface area contributed by atoms with E-state index in [1.54, 1.807) is 0 Å². The van der Waals surface area contributed by atoms with Crippen molar-refractivity contribution in [1.82, 2.24) is 9.13 Å². The molecular formula is C13H14N2O5. The molecule has 0 aliphatic rings. The largest absolute Gasteiger partial charge is 0.478 e. The van der Waals surface area contributed by atoms with Gasteiger partial charge in [0, 0.05) is 18.8 Å². The molecule has 7 nitrogen and oxygen atoms in total. The molecule has 0 aliphatic carbocycles. The second-order valence-electron chi connectivity index (χ2n) is 4.32. The van der Waals surface area contributed by atoms with Gasteiger partial charge in [0.15, 0.2) is 0 Å². The Hall–Kier alpha value is -2.57. The van der Waals surface area contributed by atoms with Gasteiger partial charge in [0.05, 0.1) is 12.1 Å². The summed E-state index contributed by atoms with van der Waals surface area (Å²) in [7, 11) is 0. The van der Waals surface area contributed by atoms with E-state index in [1.165, 1.54) is 22.9 Å². The van der Waals surface area contributed by atoms with Crippen molar-refractivity contribution in [3.63, 3.8) is 0 Å². The lowest BCUT2D eigenvalue weighted by Gasteiger charge is -2.07. The zero-order valence-corrected chi connectivity index (χ0v) is 10.9. The lowest BCUT2D eigenvalue weighted by Crippen LogP contribution is -2.39. The maximum Gasteiger partial charge on any atom is 0.338 e. The van der Waals surface area contributed by atoms with Crippen LogP contribution in [0, 0.1) is 0 Å². The van der Waals surface area contributed by atoms with Crippen LogP contribution in [0.5, 0.6) is 0 Å². The van der Waals surface area contributed by atoms with Gasteiger partial charge >= 0.3 is 11.7 Å². The molecule has 20 heavy (non-hydrogen) atoms. The average molecular weight is 278 g/mol. The minimum Gasteiger partial charge on any atom is -0.478 e. The number of aromatic nitrogens is 2. The van der Waals surface area contributed by atoms with Gasteiger partial charge < -0.3 is 14.1 Å². The number of aromatic carboxylic acids is 1. The summed E-state index contributed by atoms with van der Waals surface area (Å²) >= 11 is 0. The molecule has 0 bridgehead atoms. The fourth-order valence-corrected chi connectivity index (χ4v) is 1.84. The summed E-state index contributed by atoms with van der Waals surface area (Å²) in [5.74, 6) is -0.875.